The fraction of sp³-hybridized carbons (Fsp3) is 0.469. The molecule has 2 aliphatic heterocycles. The average Bonchev–Trinajstić information content (AvgIpc) is 3.36. The zero-order chi connectivity index (χ0) is 31.3. The van der Waals surface area contributed by atoms with Crippen LogP contribution in [-0.2, 0) is 40.8 Å². The van der Waals surface area contributed by atoms with E-state index in [9.17, 15) is 8.42 Å². The number of benzene rings is 2. The van der Waals surface area contributed by atoms with Crippen LogP contribution in [-0.4, -0.2) is 90.8 Å². The average molecular weight is 661 g/mol. The fourth-order valence-electron chi connectivity index (χ4n) is 5.68. The summed E-state index contributed by atoms with van der Waals surface area (Å²) in [6.07, 6.45) is 2.80. The summed E-state index contributed by atoms with van der Waals surface area (Å²) in [5.74, 6) is 6.40. The number of aliphatic hydroxyl groups is 1. The van der Waals surface area contributed by atoms with Crippen molar-refractivity contribution >= 4 is 33.2 Å². The van der Waals surface area contributed by atoms with Crippen LogP contribution >= 0.6 is 23.2 Å². The lowest BCUT2D eigenvalue weighted by atomic mass is 10.0. The van der Waals surface area contributed by atoms with Crippen LogP contribution in [0.5, 0.6) is 0 Å². The zero-order valence-corrected chi connectivity index (χ0v) is 27.5. The first kappa shape index (κ1) is 32.9. The van der Waals surface area contributed by atoms with Crippen LogP contribution in [0.4, 0.5) is 0 Å². The highest BCUT2D eigenvalue weighted by Gasteiger charge is 2.30. The third-order valence-corrected chi connectivity index (χ3v) is 10.1. The van der Waals surface area contributed by atoms with E-state index in [2.05, 4.69) is 33.7 Å². The molecule has 2 aromatic carbocycles. The van der Waals surface area contributed by atoms with E-state index in [0.29, 0.717) is 47.7 Å². The third-order valence-electron chi connectivity index (χ3n) is 8.12. The monoisotopic (exact) mass is 659 g/mol. The Labute approximate surface area is 270 Å². The molecule has 0 aliphatic carbocycles. The Balaban J connectivity index is 1.42. The molecule has 236 valence electrons. The first-order chi connectivity index (χ1) is 21.1. The second kappa shape index (κ2) is 14.8. The molecule has 2 N–H and O–H groups in total. The first-order valence-electron chi connectivity index (χ1n) is 14.9. The molecule has 3 heterocycles. The maximum absolute atomic E-state index is 12.5. The van der Waals surface area contributed by atoms with Gasteiger partial charge in [0.15, 0.2) is 0 Å². The molecule has 3 aromatic rings. The van der Waals surface area contributed by atoms with E-state index in [1.54, 1.807) is 0 Å². The summed E-state index contributed by atoms with van der Waals surface area (Å²) >= 11 is 12.9. The minimum Gasteiger partial charge on any atom is -0.395 e. The van der Waals surface area contributed by atoms with Gasteiger partial charge in [-0.3, -0.25) is 9.58 Å². The Morgan fingerprint density at radius 1 is 1.11 bits per heavy atom. The smallest absolute Gasteiger partial charge is 0.211 e. The van der Waals surface area contributed by atoms with Crippen molar-refractivity contribution in [2.24, 2.45) is 0 Å². The molecule has 1 atom stereocenters. The van der Waals surface area contributed by atoms with Gasteiger partial charge in [-0.1, -0.05) is 41.1 Å². The number of hydrogen-bond donors (Lipinski definition) is 2. The summed E-state index contributed by atoms with van der Waals surface area (Å²) in [5, 5.41) is 18.4. The molecule has 0 unspecified atom stereocenters. The second-order valence-corrected chi connectivity index (χ2v) is 14.1. The number of aryl methyl sites for hydroxylation is 1. The number of nitrogens with zero attached hydrogens (tertiary/aromatic N) is 4. The zero-order valence-electron chi connectivity index (χ0n) is 25.2. The Morgan fingerprint density at radius 2 is 1.93 bits per heavy atom. The molecule has 44 heavy (non-hydrogen) atoms. The largest absolute Gasteiger partial charge is 0.395 e. The summed E-state index contributed by atoms with van der Waals surface area (Å²) < 4.78 is 34.1. The molecule has 0 bridgehead atoms. The summed E-state index contributed by atoms with van der Waals surface area (Å²) in [5.41, 5.74) is 5.95. The van der Waals surface area contributed by atoms with Crippen LogP contribution in [0.15, 0.2) is 36.4 Å². The van der Waals surface area contributed by atoms with Gasteiger partial charge < -0.3 is 15.2 Å². The van der Waals surface area contributed by atoms with Crippen molar-refractivity contribution in [1.82, 2.24) is 24.3 Å². The van der Waals surface area contributed by atoms with E-state index in [4.69, 9.17) is 38.1 Å². The minimum absolute atomic E-state index is 0.0490. The lowest BCUT2D eigenvalue weighted by molar-refractivity contribution is -0.00122. The summed E-state index contributed by atoms with van der Waals surface area (Å²) in [4.78, 5) is 2.45. The summed E-state index contributed by atoms with van der Waals surface area (Å²) in [6.45, 7) is 8.10. The number of aliphatic hydroxyl groups excluding tert-OH is 1. The predicted octanol–water partition coefficient (Wildman–Crippen LogP) is 3.77. The highest BCUT2D eigenvalue weighted by atomic mass is 35.5. The number of nitrogens with one attached hydrogen (secondary N) is 1. The van der Waals surface area contributed by atoms with Gasteiger partial charge in [0, 0.05) is 91.2 Å². The van der Waals surface area contributed by atoms with E-state index >= 15 is 0 Å². The van der Waals surface area contributed by atoms with Gasteiger partial charge in [0.1, 0.15) is 0 Å². The number of morpholine rings is 1. The quantitative estimate of drug-likeness (QED) is 0.253. The molecule has 0 saturated carbocycles. The molecule has 1 saturated heterocycles. The van der Waals surface area contributed by atoms with Crippen molar-refractivity contribution in [2.75, 3.05) is 52.3 Å². The lowest BCUT2D eigenvalue weighted by Gasteiger charge is -2.33. The van der Waals surface area contributed by atoms with Gasteiger partial charge in [0.25, 0.3) is 0 Å². The maximum atomic E-state index is 12.5. The lowest BCUT2D eigenvalue weighted by Crippen LogP contribution is -2.44. The molecular formula is C32H39Cl2N5O4S. The van der Waals surface area contributed by atoms with Gasteiger partial charge in [-0.05, 0) is 49.2 Å². The summed E-state index contributed by atoms with van der Waals surface area (Å²) in [6, 6.07) is 11.6. The molecule has 0 amide bonds. The number of halogens is 2. The van der Waals surface area contributed by atoms with E-state index < -0.39 is 10.0 Å². The third kappa shape index (κ3) is 8.03. The van der Waals surface area contributed by atoms with Crippen molar-refractivity contribution in [2.45, 2.75) is 45.4 Å². The number of aromatic nitrogens is 2. The Kier molecular flexibility index (Phi) is 11.0. The SMILES string of the molecule is C[C@H]1COCCN1CCCn1nc(-c2ccc(Cl)c(C#Cc3ccc(Cl)c(CNCCO)c3)c2)c2c1CCN(S(C)(=O)=O)C2. The van der Waals surface area contributed by atoms with Crippen LogP contribution in [0.3, 0.4) is 0 Å². The van der Waals surface area contributed by atoms with Gasteiger partial charge in [-0.15, -0.1) is 0 Å². The molecule has 0 radical (unpaired) electrons. The van der Waals surface area contributed by atoms with Gasteiger partial charge in [0.2, 0.25) is 10.0 Å². The first-order valence-corrected chi connectivity index (χ1v) is 17.5. The number of ether oxygens (including phenoxy) is 1. The minimum atomic E-state index is -3.36. The maximum Gasteiger partial charge on any atom is 0.211 e. The van der Waals surface area contributed by atoms with Gasteiger partial charge in [0.05, 0.1) is 36.8 Å². The molecule has 9 nitrogen and oxygen atoms in total. The van der Waals surface area contributed by atoms with Gasteiger partial charge in [-0.2, -0.15) is 9.40 Å². The van der Waals surface area contributed by atoms with Crippen molar-refractivity contribution in [3.63, 3.8) is 0 Å². The number of rotatable bonds is 10. The van der Waals surface area contributed by atoms with Crippen molar-refractivity contribution in [1.29, 1.82) is 0 Å². The number of fused-ring (bicyclic) bond motifs is 1. The van der Waals surface area contributed by atoms with E-state index in [1.807, 2.05) is 36.4 Å². The van der Waals surface area contributed by atoms with E-state index in [0.717, 1.165) is 72.9 Å². The van der Waals surface area contributed by atoms with Crippen LogP contribution in [0.2, 0.25) is 10.0 Å². The second-order valence-electron chi connectivity index (χ2n) is 11.3. The topological polar surface area (TPSA) is 99.9 Å². The standard InChI is InChI=1S/C32H39Cl2N5O4S/c1-23-22-43-17-15-37(23)12-3-13-39-31-10-14-38(44(2,41)42)21-28(31)32(36-39)26-7-9-29(33)25(19-26)6-4-24-5-8-30(34)27(18-24)20-35-11-16-40/h5,7-9,18-19,23,35,40H,3,10-17,20-22H2,1-2H3/t23-/m0/s1. The van der Waals surface area contributed by atoms with E-state index in [-0.39, 0.29) is 13.2 Å². The molecule has 5 rings (SSSR count). The van der Waals surface area contributed by atoms with Gasteiger partial charge in [-0.25, -0.2) is 8.42 Å². The Bertz CT molecular complexity index is 1650. The number of sulfonamides is 1. The van der Waals surface area contributed by atoms with Crippen LogP contribution in [0.25, 0.3) is 11.3 Å². The Hall–Kier alpha value is -2.46. The molecule has 1 aromatic heterocycles. The van der Waals surface area contributed by atoms with E-state index in [1.165, 1.54) is 10.6 Å². The summed E-state index contributed by atoms with van der Waals surface area (Å²) in [7, 11) is -3.36. The van der Waals surface area contributed by atoms with Gasteiger partial charge >= 0.3 is 0 Å². The molecular weight excluding hydrogens is 621 g/mol. The fourth-order valence-corrected chi connectivity index (χ4v) is 6.82. The van der Waals surface area contributed by atoms with Crippen LogP contribution in [0.1, 0.15) is 41.3 Å². The molecule has 12 heteroatoms. The highest BCUT2D eigenvalue weighted by Crippen LogP contribution is 2.33. The van der Waals surface area contributed by atoms with Crippen molar-refractivity contribution < 1.29 is 18.3 Å². The predicted molar refractivity (Wildman–Crippen MR) is 174 cm³/mol. The van der Waals surface area contributed by atoms with Crippen LogP contribution < -0.4 is 5.32 Å². The molecule has 0 spiro atoms. The highest BCUT2D eigenvalue weighted by molar-refractivity contribution is 7.88. The normalized spacial score (nSPS) is 17.7. The molecule has 2 aliphatic rings. The Morgan fingerprint density at radius 3 is 2.70 bits per heavy atom. The van der Waals surface area contributed by atoms with Crippen molar-refractivity contribution in [3.8, 4) is 23.1 Å². The van der Waals surface area contributed by atoms with Crippen LogP contribution in [0, 0.1) is 11.8 Å². The molecule has 1 fully saturated rings. The number of hydrogen-bond acceptors (Lipinski definition) is 7. The van der Waals surface area contributed by atoms with Crippen molar-refractivity contribution in [3.05, 3.63) is 74.4 Å².